The number of aliphatic hydroxyl groups excluding tert-OH is 1. The van der Waals surface area contributed by atoms with E-state index in [2.05, 4.69) is 4.90 Å². The molecule has 1 aromatic rings. The van der Waals surface area contributed by atoms with Crippen molar-refractivity contribution in [1.82, 2.24) is 9.80 Å². The Hall–Kier alpha value is -1.46. The maximum atomic E-state index is 13.1. The minimum Gasteiger partial charge on any atom is -0.395 e. The largest absolute Gasteiger partial charge is 0.395 e. The van der Waals surface area contributed by atoms with Crippen molar-refractivity contribution in [2.75, 3.05) is 39.3 Å². The van der Waals surface area contributed by atoms with E-state index in [4.69, 9.17) is 5.11 Å². The molecule has 0 radical (unpaired) electrons. The van der Waals surface area contributed by atoms with Gasteiger partial charge in [0, 0.05) is 31.7 Å². The van der Waals surface area contributed by atoms with Crippen LogP contribution in [0.3, 0.4) is 0 Å². The van der Waals surface area contributed by atoms with Crippen molar-refractivity contribution in [1.29, 1.82) is 0 Å². The van der Waals surface area contributed by atoms with E-state index in [1.165, 1.54) is 12.1 Å². The molecule has 1 amide bonds. The van der Waals surface area contributed by atoms with Gasteiger partial charge in [0.1, 0.15) is 5.82 Å². The molecule has 0 unspecified atom stereocenters. The van der Waals surface area contributed by atoms with Crippen LogP contribution in [0.4, 0.5) is 4.39 Å². The average molecular weight is 266 g/mol. The van der Waals surface area contributed by atoms with Crippen LogP contribution in [0, 0.1) is 5.82 Å². The van der Waals surface area contributed by atoms with Gasteiger partial charge in [-0.05, 0) is 31.2 Å². The van der Waals surface area contributed by atoms with Crippen LogP contribution < -0.4 is 0 Å². The van der Waals surface area contributed by atoms with Crippen LogP contribution >= 0.6 is 0 Å². The summed E-state index contributed by atoms with van der Waals surface area (Å²) in [6.45, 7) is 3.71. The van der Waals surface area contributed by atoms with Gasteiger partial charge in [-0.15, -0.1) is 0 Å². The van der Waals surface area contributed by atoms with Gasteiger partial charge in [-0.25, -0.2) is 4.39 Å². The van der Waals surface area contributed by atoms with Crippen molar-refractivity contribution < 1.29 is 14.3 Å². The van der Waals surface area contributed by atoms with Crippen LogP contribution in [0.15, 0.2) is 24.3 Å². The van der Waals surface area contributed by atoms with Crippen molar-refractivity contribution in [2.45, 2.75) is 6.42 Å². The number of nitrogens with zero attached hydrogens (tertiary/aromatic N) is 2. The van der Waals surface area contributed by atoms with E-state index in [0.717, 1.165) is 19.5 Å². The molecule has 0 bridgehead atoms. The number of aliphatic hydroxyl groups is 1. The Morgan fingerprint density at radius 3 is 2.84 bits per heavy atom. The number of hydrogen-bond acceptors (Lipinski definition) is 3. The molecule has 1 aliphatic heterocycles. The molecule has 0 atom stereocenters. The highest BCUT2D eigenvalue weighted by Gasteiger charge is 2.20. The van der Waals surface area contributed by atoms with Gasteiger partial charge in [-0.3, -0.25) is 9.69 Å². The maximum Gasteiger partial charge on any atom is 0.254 e. The smallest absolute Gasteiger partial charge is 0.254 e. The first-order valence-corrected chi connectivity index (χ1v) is 6.59. The van der Waals surface area contributed by atoms with E-state index in [0.29, 0.717) is 25.2 Å². The summed E-state index contributed by atoms with van der Waals surface area (Å²) in [5, 5.41) is 8.93. The fraction of sp³-hybridized carbons (Fsp3) is 0.500. The van der Waals surface area contributed by atoms with Crippen molar-refractivity contribution in [2.24, 2.45) is 0 Å². The summed E-state index contributed by atoms with van der Waals surface area (Å²) in [7, 11) is 0. The second-order valence-electron chi connectivity index (χ2n) is 4.72. The van der Waals surface area contributed by atoms with Gasteiger partial charge in [0.15, 0.2) is 0 Å². The summed E-state index contributed by atoms with van der Waals surface area (Å²) in [5.41, 5.74) is 0.399. The molecule has 0 aromatic heterocycles. The molecule has 0 spiro atoms. The molecule has 1 saturated heterocycles. The van der Waals surface area contributed by atoms with Gasteiger partial charge >= 0.3 is 0 Å². The number of rotatable bonds is 3. The van der Waals surface area contributed by atoms with Crippen molar-refractivity contribution >= 4 is 5.91 Å². The first-order valence-electron chi connectivity index (χ1n) is 6.59. The fourth-order valence-electron chi connectivity index (χ4n) is 2.34. The van der Waals surface area contributed by atoms with E-state index in [1.807, 2.05) is 0 Å². The van der Waals surface area contributed by atoms with Crippen LogP contribution in [0.25, 0.3) is 0 Å². The lowest BCUT2D eigenvalue weighted by atomic mass is 10.2. The molecule has 2 rings (SSSR count). The third-order valence-corrected chi connectivity index (χ3v) is 3.36. The minimum absolute atomic E-state index is 0.120. The molecular weight excluding hydrogens is 247 g/mol. The Labute approximate surface area is 112 Å². The summed E-state index contributed by atoms with van der Waals surface area (Å²) in [4.78, 5) is 16.2. The Bertz CT molecular complexity index is 439. The SMILES string of the molecule is O=C(c1cccc(F)c1)N1CCCN(CCO)CC1. The fourth-order valence-corrected chi connectivity index (χ4v) is 2.34. The highest BCUT2D eigenvalue weighted by Crippen LogP contribution is 2.10. The summed E-state index contributed by atoms with van der Waals surface area (Å²) in [6.07, 6.45) is 0.876. The number of halogens is 1. The molecule has 1 N–H and O–H groups in total. The van der Waals surface area contributed by atoms with Crippen LogP contribution in [0.2, 0.25) is 0 Å². The first-order chi connectivity index (χ1) is 9.20. The number of β-amino-alcohol motifs (C(OH)–C–C–N with tert-alkyl or cyclic N) is 1. The van der Waals surface area contributed by atoms with E-state index in [9.17, 15) is 9.18 Å². The molecule has 0 aliphatic carbocycles. The third kappa shape index (κ3) is 3.75. The van der Waals surface area contributed by atoms with E-state index >= 15 is 0 Å². The Morgan fingerprint density at radius 2 is 2.11 bits per heavy atom. The van der Waals surface area contributed by atoms with Gasteiger partial charge in [-0.1, -0.05) is 6.07 Å². The van der Waals surface area contributed by atoms with Crippen molar-refractivity contribution in [3.8, 4) is 0 Å². The molecule has 104 valence electrons. The Kier molecular flexibility index (Phi) is 4.87. The molecule has 1 heterocycles. The zero-order valence-electron chi connectivity index (χ0n) is 10.9. The van der Waals surface area contributed by atoms with E-state index < -0.39 is 0 Å². The lowest BCUT2D eigenvalue weighted by molar-refractivity contribution is 0.0760. The highest BCUT2D eigenvalue weighted by atomic mass is 19.1. The lowest BCUT2D eigenvalue weighted by Gasteiger charge is -2.21. The number of amides is 1. The van der Waals surface area contributed by atoms with Crippen LogP contribution in [-0.4, -0.2) is 60.1 Å². The van der Waals surface area contributed by atoms with Gasteiger partial charge in [0.05, 0.1) is 6.61 Å². The van der Waals surface area contributed by atoms with Crippen molar-refractivity contribution in [3.63, 3.8) is 0 Å². The monoisotopic (exact) mass is 266 g/mol. The quantitative estimate of drug-likeness (QED) is 0.886. The molecular formula is C14H19FN2O2. The highest BCUT2D eigenvalue weighted by molar-refractivity contribution is 5.94. The standard InChI is InChI=1S/C14H19FN2O2/c15-13-4-1-3-12(11-13)14(19)17-6-2-5-16(7-8-17)9-10-18/h1,3-4,11,18H,2,5-10H2. The molecule has 19 heavy (non-hydrogen) atoms. The maximum absolute atomic E-state index is 13.1. The number of carbonyl (C=O) groups is 1. The third-order valence-electron chi connectivity index (χ3n) is 3.36. The lowest BCUT2D eigenvalue weighted by Crippen LogP contribution is -2.35. The Morgan fingerprint density at radius 1 is 1.26 bits per heavy atom. The molecule has 4 nitrogen and oxygen atoms in total. The number of benzene rings is 1. The zero-order chi connectivity index (χ0) is 13.7. The molecule has 1 aliphatic rings. The zero-order valence-corrected chi connectivity index (χ0v) is 10.9. The Balaban J connectivity index is 2.00. The second-order valence-corrected chi connectivity index (χ2v) is 4.72. The van der Waals surface area contributed by atoms with Gasteiger partial charge in [0.2, 0.25) is 0 Å². The minimum atomic E-state index is -0.387. The summed E-state index contributed by atoms with van der Waals surface area (Å²) < 4.78 is 13.1. The van der Waals surface area contributed by atoms with Gasteiger partial charge in [-0.2, -0.15) is 0 Å². The number of hydrogen-bond donors (Lipinski definition) is 1. The molecule has 5 heteroatoms. The summed E-state index contributed by atoms with van der Waals surface area (Å²) >= 11 is 0. The average Bonchev–Trinajstić information content (AvgIpc) is 2.64. The van der Waals surface area contributed by atoms with E-state index in [-0.39, 0.29) is 18.3 Å². The molecule has 0 saturated carbocycles. The first kappa shape index (κ1) is 14.0. The van der Waals surface area contributed by atoms with Crippen LogP contribution in [0.5, 0.6) is 0 Å². The van der Waals surface area contributed by atoms with Gasteiger partial charge < -0.3 is 10.0 Å². The van der Waals surface area contributed by atoms with Crippen molar-refractivity contribution in [3.05, 3.63) is 35.6 Å². The summed E-state index contributed by atoms with van der Waals surface area (Å²) in [6, 6.07) is 5.81. The van der Waals surface area contributed by atoms with E-state index in [1.54, 1.807) is 17.0 Å². The normalized spacial score (nSPS) is 17.3. The topological polar surface area (TPSA) is 43.8 Å². The molecule has 1 aromatic carbocycles. The number of carbonyl (C=O) groups excluding carboxylic acids is 1. The second kappa shape index (κ2) is 6.63. The molecule has 1 fully saturated rings. The predicted molar refractivity (Wildman–Crippen MR) is 70.4 cm³/mol. The summed E-state index contributed by atoms with van der Waals surface area (Å²) in [5.74, 6) is -0.507. The van der Waals surface area contributed by atoms with Crippen LogP contribution in [0.1, 0.15) is 16.8 Å². The predicted octanol–water partition coefficient (Wildman–Crippen LogP) is 0.966. The van der Waals surface area contributed by atoms with Gasteiger partial charge in [0.25, 0.3) is 5.91 Å². The van der Waals surface area contributed by atoms with Crippen LogP contribution in [-0.2, 0) is 0 Å².